The van der Waals surface area contributed by atoms with Crippen molar-refractivity contribution in [1.29, 1.82) is 0 Å². The number of furan rings is 1. The first-order chi connectivity index (χ1) is 16.1. The van der Waals surface area contributed by atoms with Gasteiger partial charge in [0.05, 0.1) is 12.9 Å². The van der Waals surface area contributed by atoms with Gasteiger partial charge in [-0.1, -0.05) is 12.1 Å². The maximum absolute atomic E-state index is 6.03. The smallest absolute Gasteiger partial charge is 0.259 e. The number of nitrogens with zero attached hydrogens (tertiary/aromatic N) is 6. The molecule has 1 aliphatic heterocycles. The van der Waals surface area contributed by atoms with Crippen LogP contribution < -0.4 is 15.8 Å². The number of anilines is 2. The Labute approximate surface area is 191 Å². The Bertz CT molecular complexity index is 1180. The lowest BCUT2D eigenvalue weighted by Gasteiger charge is -2.28. The molecule has 172 valence electrons. The molecule has 1 fully saturated rings. The van der Waals surface area contributed by atoms with Gasteiger partial charge in [-0.25, -0.2) is 0 Å². The molecule has 4 heterocycles. The molecule has 1 saturated heterocycles. The second-order valence-electron chi connectivity index (χ2n) is 8.41. The standard InChI is InChI=1S/C23H28N8O2/c1-30-12-9-17(10-13-30)15-33-18-6-4-16(5-7-18)8-11-25-22-27-21(24)31-23(28-22)26-20(29-31)19-3-2-14-32-19/h2-7,14,17H,8-13,15H2,1H3,(H3,24,25,26,27,28,29). The molecule has 10 heteroatoms. The van der Waals surface area contributed by atoms with E-state index in [0.717, 1.165) is 31.9 Å². The molecule has 0 bridgehead atoms. The van der Waals surface area contributed by atoms with Crippen molar-refractivity contribution in [3.63, 3.8) is 0 Å². The van der Waals surface area contributed by atoms with Gasteiger partial charge in [-0.2, -0.15) is 19.5 Å². The number of likely N-dealkylation sites (tertiary alicyclic amines) is 1. The average molecular weight is 449 g/mol. The van der Waals surface area contributed by atoms with Crippen LogP contribution in [0.3, 0.4) is 0 Å². The molecule has 3 N–H and O–H groups in total. The number of hydrogen-bond donors (Lipinski definition) is 2. The summed E-state index contributed by atoms with van der Waals surface area (Å²) >= 11 is 0. The molecule has 33 heavy (non-hydrogen) atoms. The predicted octanol–water partition coefficient (Wildman–Crippen LogP) is 2.74. The van der Waals surface area contributed by atoms with Crippen LogP contribution in [0, 0.1) is 5.92 Å². The highest BCUT2D eigenvalue weighted by molar-refractivity contribution is 5.52. The molecule has 0 amide bonds. The molecule has 0 spiro atoms. The van der Waals surface area contributed by atoms with Crippen molar-refractivity contribution in [2.45, 2.75) is 19.3 Å². The topological polar surface area (TPSA) is 120 Å². The molecule has 5 rings (SSSR count). The maximum atomic E-state index is 6.03. The highest BCUT2D eigenvalue weighted by Crippen LogP contribution is 2.20. The van der Waals surface area contributed by atoms with Gasteiger partial charge >= 0.3 is 0 Å². The van der Waals surface area contributed by atoms with Crippen LogP contribution in [0.4, 0.5) is 11.9 Å². The van der Waals surface area contributed by atoms with Gasteiger partial charge in [0.25, 0.3) is 5.78 Å². The summed E-state index contributed by atoms with van der Waals surface area (Å²) < 4.78 is 12.7. The average Bonchev–Trinajstić information content (AvgIpc) is 3.50. The third-order valence-corrected chi connectivity index (χ3v) is 5.92. The van der Waals surface area contributed by atoms with Crippen molar-refractivity contribution in [2.24, 2.45) is 5.92 Å². The van der Waals surface area contributed by atoms with Crippen molar-refractivity contribution in [1.82, 2.24) is 29.5 Å². The van der Waals surface area contributed by atoms with Gasteiger partial charge in [-0.3, -0.25) is 0 Å². The minimum atomic E-state index is 0.207. The highest BCUT2D eigenvalue weighted by Gasteiger charge is 2.17. The second-order valence-corrected chi connectivity index (χ2v) is 8.41. The summed E-state index contributed by atoms with van der Waals surface area (Å²) in [5.41, 5.74) is 7.23. The number of nitrogens with two attached hydrogens (primary N) is 1. The number of piperidine rings is 1. The first-order valence-corrected chi connectivity index (χ1v) is 11.2. The molecular weight excluding hydrogens is 420 g/mol. The zero-order chi connectivity index (χ0) is 22.6. The van der Waals surface area contributed by atoms with E-state index in [1.54, 1.807) is 18.4 Å². The van der Waals surface area contributed by atoms with E-state index in [1.807, 2.05) is 12.1 Å². The monoisotopic (exact) mass is 448 g/mol. The Kier molecular flexibility index (Phi) is 6.07. The quantitative estimate of drug-likeness (QED) is 0.419. The number of ether oxygens (including phenoxy) is 1. The van der Waals surface area contributed by atoms with Gasteiger partial charge in [-0.05, 0) is 75.1 Å². The third-order valence-electron chi connectivity index (χ3n) is 5.92. The van der Waals surface area contributed by atoms with Crippen LogP contribution in [0.1, 0.15) is 18.4 Å². The molecule has 3 aromatic heterocycles. The van der Waals surface area contributed by atoms with E-state index in [-0.39, 0.29) is 5.95 Å². The van der Waals surface area contributed by atoms with E-state index in [0.29, 0.717) is 35.8 Å². The molecule has 1 aromatic carbocycles. The minimum absolute atomic E-state index is 0.207. The Hall–Kier alpha value is -3.66. The van der Waals surface area contributed by atoms with Crippen LogP contribution >= 0.6 is 0 Å². The largest absolute Gasteiger partial charge is 0.493 e. The Morgan fingerprint density at radius 3 is 2.70 bits per heavy atom. The number of benzene rings is 1. The lowest BCUT2D eigenvalue weighted by molar-refractivity contribution is 0.160. The van der Waals surface area contributed by atoms with Crippen molar-refractivity contribution in [3.05, 3.63) is 48.2 Å². The van der Waals surface area contributed by atoms with Gasteiger partial charge < -0.3 is 25.1 Å². The first kappa shape index (κ1) is 21.2. The summed E-state index contributed by atoms with van der Waals surface area (Å²) in [6.45, 7) is 3.76. The molecule has 0 unspecified atom stereocenters. The first-order valence-electron chi connectivity index (χ1n) is 11.2. The van der Waals surface area contributed by atoms with E-state index in [1.165, 1.54) is 22.9 Å². The molecule has 0 atom stereocenters. The van der Waals surface area contributed by atoms with Crippen molar-refractivity contribution >= 4 is 17.7 Å². The van der Waals surface area contributed by atoms with Gasteiger partial charge in [0, 0.05) is 6.54 Å². The molecule has 0 saturated carbocycles. The zero-order valence-electron chi connectivity index (χ0n) is 18.6. The van der Waals surface area contributed by atoms with Crippen LogP contribution in [-0.2, 0) is 6.42 Å². The third kappa shape index (κ3) is 5.06. The summed E-state index contributed by atoms with van der Waals surface area (Å²) in [5.74, 6) is 3.52. The number of aromatic nitrogens is 5. The fourth-order valence-electron chi connectivity index (χ4n) is 3.91. The van der Waals surface area contributed by atoms with E-state index in [9.17, 15) is 0 Å². The summed E-state index contributed by atoms with van der Waals surface area (Å²) in [7, 11) is 2.18. The Balaban J connectivity index is 1.13. The number of nitrogen functional groups attached to an aromatic ring is 1. The van der Waals surface area contributed by atoms with Crippen LogP contribution in [0.2, 0.25) is 0 Å². The van der Waals surface area contributed by atoms with Gasteiger partial charge in [0.2, 0.25) is 17.7 Å². The molecule has 1 aliphatic rings. The van der Waals surface area contributed by atoms with E-state index in [2.05, 4.69) is 49.4 Å². The molecule has 0 aliphatic carbocycles. The summed E-state index contributed by atoms with van der Waals surface area (Å²) in [5, 5.41) is 7.51. The van der Waals surface area contributed by atoms with Crippen LogP contribution in [0.15, 0.2) is 47.1 Å². The Morgan fingerprint density at radius 1 is 1.12 bits per heavy atom. The fourth-order valence-corrected chi connectivity index (χ4v) is 3.91. The Morgan fingerprint density at radius 2 is 1.94 bits per heavy atom. The van der Waals surface area contributed by atoms with Crippen LogP contribution in [0.25, 0.3) is 17.4 Å². The molecule has 4 aromatic rings. The van der Waals surface area contributed by atoms with Gasteiger partial charge in [0.1, 0.15) is 5.75 Å². The lowest BCUT2D eigenvalue weighted by Crippen LogP contribution is -2.32. The van der Waals surface area contributed by atoms with E-state index < -0.39 is 0 Å². The van der Waals surface area contributed by atoms with Gasteiger partial charge in [0.15, 0.2) is 5.76 Å². The van der Waals surface area contributed by atoms with Crippen LogP contribution in [-0.4, -0.2) is 62.8 Å². The van der Waals surface area contributed by atoms with Crippen molar-refractivity contribution in [3.8, 4) is 17.3 Å². The number of hydrogen-bond acceptors (Lipinski definition) is 9. The summed E-state index contributed by atoms with van der Waals surface area (Å²) in [6.07, 6.45) is 4.79. The lowest BCUT2D eigenvalue weighted by atomic mass is 9.98. The highest BCUT2D eigenvalue weighted by atomic mass is 16.5. The summed E-state index contributed by atoms with van der Waals surface area (Å²) in [4.78, 5) is 15.4. The van der Waals surface area contributed by atoms with E-state index >= 15 is 0 Å². The molecule has 0 radical (unpaired) electrons. The van der Waals surface area contributed by atoms with Crippen molar-refractivity contribution < 1.29 is 9.15 Å². The number of rotatable bonds is 8. The summed E-state index contributed by atoms with van der Waals surface area (Å²) in [6, 6.07) is 11.8. The predicted molar refractivity (Wildman–Crippen MR) is 125 cm³/mol. The van der Waals surface area contributed by atoms with Crippen molar-refractivity contribution in [2.75, 3.05) is 44.3 Å². The van der Waals surface area contributed by atoms with Crippen LogP contribution in [0.5, 0.6) is 5.75 Å². The van der Waals surface area contributed by atoms with E-state index in [4.69, 9.17) is 14.9 Å². The second kappa shape index (κ2) is 9.45. The maximum Gasteiger partial charge on any atom is 0.259 e. The number of nitrogens with one attached hydrogen (secondary N) is 1. The fraction of sp³-hybridized carbons (Fsp3) is 0.391. The number of fused-ring (bicyclic) bond motifs is 1. The minimum Gasteiger partial charge on any atom is -0.493 e. The van der Waals surface area contributed by atoms with Gasteiger partial charge in [-0.15, -0.1) is 5.10 Å². The zero-order valence-corrected chi connectivity index (χ0v) is 18.6. The molecular formula is C23H28N8O2. The SMILES string of the molecule is CN1CCC(COc2ccc(CCNc3nc(N)n4nc(-c5ccco5)nc4n3)cc2)CC1. The molecule has 10 nitrogen and oxygen atoms in total. The normalized spacial score (nSPS) is 15.2.